The number of fused-ring (bicyclic) bond motifs is 1. The molecule has 1 unspecified atom stereocenters. The zero-order valence-electron chi connectivity index (χ0n) is 15.4. The lowest BCUT2D eigenvalue weighted by atomic mass is 9.80. The number of nitrogens with one attached hydrogen (secondary N) is 3. The maximum Gasteiger partial charge on any atom is 0.267 e. The van der Waals surface area contributed by atoms with E-state index in [-0.39, 0.29) is 11.4 Å². The van der Waals surface area contributed by atoms with Crippen molar-refractivity contribution in [1.29, 1.82) is 0 Å². The number of benzene rings is 1. The van der Waals surface area contributed by atoms with Gasteiger partial charge in [-0.3, -0.25) is 14.8 Å². The van der Waals surface area contributed by atoms with Crippen LogP contribution in [0.3, 0.4) is 0 Å². The van der Waals surface area contributed by atoms with Crippen LogP contribution in [-0.4, -0.2) is 22.6 Å². The van der Waals surface area contributed by atoms with Gasteiger partial charge in [0.15, 0.2) is 0 Å². The van der Waals surface area contributed by atoms with E-state index in [0.717, 1.165) is 24.8 Å². The van der Waals surface area contributed by atoms with Gasteiger partial charge in [-0.2, -0.15) is 0 Å². The third-order valence-corrected chi connectivity index (χ3v) is 5.09. The Morgan fingerprint density at radius 1 is 1.30 bits per heavy atom. The third-order valence-electron chi connectivity index (χ3n) is 5.09. The van der Waals surface area contributed by atoms with Gasteiger partial charge in [-0.15, -0.1) is 0 Å². The van der Waals surface area contributed by atoms with Crippen molar-refractivity contribution in [2.24, 2.45) is 0 Å². The van der Waals surface area contributed by atoms with E-state index in [9.17, 15) is 9.59 Å². The predicted octanol–water partition coefficient (Wildman–Crippen LogP) is 3.28. The van der Waals surface area contributed by atoms with E-state index >= 15 is 0 Å². The number of hydrogen-bond donors (Lipinski definition) is 4. The van der Waals surface area contributed by atoms with E-state index < -0.39 is 5.91 Å². The Morgan fingerprint density at radius 2 is 2.07 bits per heavy atom. The Bertz CT molecular complexity index is 808. The first-order chi connectivity index (χ1) is 13.0. The molecule has 0 bridgehead atoms. The van der Waals surface area contributed by atoms with Crippen molar-refractivity contribution >= 4 is 23.6 Å². The lowest BCUT2D eigenvalue weighted by Crippen LogP contribution is -2.38. The van der Waals surface area contributed by atoms with Gasteiger partial charge in [0.25, 0.3) is 5.91 Å². The van der Waals surface area contributed by atoms with E-state index in [0.29, 0.717) is 12.1 Å². The monoisotopic (exact) mass is 367 g/mol. The van der Waals surface area contributed by atoms with E-state index in [2.05, 4.69) is 29.8 Å². The van der Waals surface area contributed by atoms with Crippen LogP contribution >= 0.6 is 0 Å². The second-order valence-corrected chi connectivity index (χ2v) is 7.14. The van der Waals surface area contributed by atoms with Crippen molar-refractivity contribution in [2.45, 2.75) is 44.6 Å². The molecule has 1 aromatic carbocycles. The molecule has 1 aliphatic carbocycles. The number of anilines is 1. The molecule has 4 N–H and O–H groups in total. The Morgan fingerprint density at radius 3 is 2.81 bits per heavy atom. The summed E-state index contributed by atoms with van der Waals surface area (Å²) in [6.45, 7) is 2.22. The molecule has 142 valence electrons. The summed E-state index contributed by atoms with van der Waals surface area (Å²) < 4.78 is 0. The van der Waals surface area contributed by atoms with Crippen LogP contribution in [0.4, 0.5) is 5.69 Å². The second kappa shape index (κ2) is 8.22. The lowest BCUT2D eigenvalue weighted by Gasteiger charge is -2.31. The molecule has 27 heavy (non-hydrogen) atoms. The molecule has 0 spiro atoms. The molecular formula is C21H25N3O3. The molecule has 2 aliphatic rings. The van der Waals surface area contributed by atoms with Crippen LogP contribution in [0.25, 0.3) is 6.08 Å². The Kier molecular flexibility index (Phi) is 5.76. The number of hydrogen-bond acceptors (Lipinski definition) is 4. The molecule has 0 radical (unpaired) electrons. The van der Waals surface area contributed by atoms with Gasteiger partial charge in [-0.1, -0.05) is 18.2 Å². The number of allylic oxidation sites excluding steroid dienone is 1. The molecule has 3 rings (SSSR count). The quantitative estimate of drug-likeness (QED) is 0.353. The topological polar surface area (TPSA) is 90.5 Å². The SMILES string of the molecule is CC12CCCC=C1C(CCC(=O)Nc1ccc(/C=C/C(=O)NO)cc1)=CN2. The Hall–Kier alpha value is -2.86. The van der Waals surface area contributed by atoms with Gasteiger partial charge in [-0.05, 0) is 67.5 Å². The summed E-state index contributed by atoms with van der Waals surface area (Å²) in [6.07, 6.45) is 11.8. The van der Waals surface area contributed by atoms with Crippen molar-refractivity contribution in [3.8, 4) is 0 Å². The molecule has 6 heteroatoms. The zero-order chi connectivity index (χ0) is 19.3. The Labute approximate surface area is 159 Å². The summed E-state index contributed by atoms with van der Waals surface area (Å²) >= 11 is 0. The number of carbonyl (C=O) groups is 2. The maximum absolute atomic E-state index is 12.3. The van der Waals surface area contributed by atoms with Crippen molar-refractivity contribution in [1.82, 2.24) is 10.8 Å². The average molecular weight is 367 g/mol. The van der Waals surface area contributed by atoms with Gasteiger partial charge in [0.1, 0.15) is 0 Å². The van der Waals surface area contributed by atoms with Crippen molar-refractivity contribution in [3.05, 3.63) is 59.3 Å². The van der Waals surface area contributed by atoms with E-state index in [1.165, 1.54) is 29.1 Å². The third kappa shape index (κ3) is 4.65. The van der Waals surface area contributed by atoms with Gasteiger partial charge in [0, 0.05) is 24.4 Å². The zero-order valence-corrected chi connectivity index (χ0v) is 15.4. The predicted molar refractivity (Wildman–Crippen MR) is 105 cm³/mol. The molecule has 6 nitrogen and oxygen atoms in total. The molecule has 1 aromatic rings. The van der Waals surface area contributed by atoms with Gasteiger partial charge in [0.2, 0.25) is 5.91 Å². The van der Waals surface area contributed by atoms with Gasteiger partial charge in [0.05, 0.1) is 5.54 Å². The summed E-state index contributed by atoms with van der Waals surface area (Å²) in [5.41, 5.74) is 5.66. The molecule has 0 aromatic heterocycles. The van der Waals surface area contributed by atoms with Crippen LogP contribution in [0, 0.1) is 0 Å². The van der Waals surface area contributed by atoms with Crippen LogP contribution in [0.1, 0.15) is 44.6 Å². The highest BCUT2D eigenvalue weighted by atomic mass is 16.5. The number of hydroxylamine groups is 1. The number of amides is 2. The molecule has 2 amide bonds. The molecular weight excluding hydrogens is 342 g/mol. The summed E-state index contributed by atoms with van der Waals surface area (Å²) in [5.74, 6) is -0.615. The fourth-order valence-electron chi connectivity index (χ4n) is 3.59. The van der Waals surface area contributed by atoms with Gasteiger partial charge < -0.3 is 10.6 Å². The lowest BCUT2D eigenvalue weighted by molar-refractivity contribution is -0.124. The molecule has 0 saturated heterocycles. The van der Waals surface area contributed by atoms with Crippen LogP contribution in [0.15, 0.2) is 53.8 Å². The molecule has 0 saturated carbocycles. The first kappa shape index (κ1) is 18.9. The minimum atomic E-state index is -0.590. The minimum absolute atomic E-state index is 0.0242. The van der Waals surface area contributed by atoms with Crippen molar-refractivity contribution in [2.75, 3.05) is 5.32 Å². The summed E-state index contributed by atoms with van der Waals surface area (Å²) in [5, 5.41) is 14.8. The van der Waals surface area contributed by atoms with Crippen molar-refractivity contribution < 1.29 is 14.8 Å². The summed E-state index contributed by atoms with van der Waals surface area (Å²) in [7, 11) is 0. The van der Waals surface area contributed by atoms with Crippen LogP contribution in [0.5, 0.6) is 0 Å². The molecule has 0 fully saturated rings. The normalized spacial score (nSPS) is 21.1. The van der Waals surface area contributed by atoms with Gasteiger partial charge >= 0.3 is 0 Å². The average Bonchev–Trinajstić information content (AvgIpc) is 3.02. The van der Waals surface area contributed by atoms with Gasteiger partial charge in [-0.25, -0.2) is 5.48 Å². The highest BCUT2D eigenvalue weighted by Gasteiger charge is 2.35. The minimum Gasteiger partial charge on any atom is -0.381 e. The summed E-state index contributed by atoms with van der Waals surface area (Å²) in [6, 6.07) is 7.15. The van der Waals surface area contributed by atoms with Crippen LogP contribution in [-0.2, 0) is 9.59 Å². The van der Waals surface area contributed by atoms with Crippen molar-refractivity contribution in [3.63, 3.8) is 0 Å². The first-order valence-electron chi connectivity index (χ1n) is 9.20. The first-order valence-corrected chi connectivity index (χ1v) is 9.20. The smallest absolute Gasteiger partial charge is 0.267 e. The molecule has 1 atom stereocenters. The fourth-order valence-corrected chi connectivity index (χ4v) is 3.59. The second-order valence-electron chi connectivity index (χ2n) is 7.14. The Balaban J connectivity index is 1.50. The standard InChI is InChI=1S/C21H25N3O3/c1-21-13-3-2-4-18(21)16(14-22-21)8-12-19(25)23-17-9-5-15(6-10-17)7-11-20(26)24-27/h4-7,9-11,14,22,27H,2-3,8,12-13H2,1H3,(H,23,25)(H,24,26)/b11-7+. The molecule has 1 heterocycles. The van der Waals surface area contributed by atoms with Crippen LogP contribution < -0.4 is 16.1 Å². The van der Waals surface area contributed by atoms with Crippen LogP contribution in [0.2, 0.25) is 0 Å². The number of carbonyl (C=O) groups excluding carboxylic acids is 2. The van der Waals surface area contributed by atoms with E-state index in [1.807, 2.05) is 0 Å². The fraction of sp³-hybridized carbons (Fsp3) is 0.333. The highest BCUT2D eigenvalue weighted by molar-refractivity contribution is 5.92. The molecule has 1 aliphatic heterocycles. The highest BCUT2D eigenvalue weighted by Crippen LogP contribution is 2.39. The summed E-state index contributed by atoms with van der Waals surface area (Å²) in [4.78, 5) is 23.2. The van der Waals surface area contributed by atoms with E-state index in [4.69, 9.17) is 5.21 Å². The maximum atomic E-state index is 12.3. The largest absolute Gasteiger partial charge is 0.381 e. The number of rotatable bonds is 6. The van der Waals surface area contributed by atoms with E-state index in [1.54, 1.807) is 30.3 Å².